The quantitative estimate of drug-likeness (QED) is 0.164. The molecule has 2 saturated heterocycles. The first-order valence-electron chi connectivity index (χ1n) is 15.6. The molecule has 2 unspecified atom stereocenters. The second kappa shape index (κ2) is 14.2. The highest BCUT2D eigenvalue weighted by atomic mass is 31.2. The first-order chi connectivity index (χ1) is 21.4. The van der Waals surface area contributed by atoms with Crippen LogP contribution in [0.1, 0.15) is 86.3 Å². The third kappa shape index (κ3) is 8.16. The van der Waals surface area contributed by atoms with Crippen molar-refractivity contribution < 1.29 is 47.3 Å². The van der Waals surface area contributed by atoms with Crippen LogP contribution in [0.3, 0.4) is 0 Å². The molecule has 0 saturated carbocycles. The minimum atomic E-state index is -4.53. The standard InChI is InChI=1S/C28H48N6O10P2/c1-7-8-9-10-22(36)33-13-19(35)11-18(33)14-41-46(39,40)28(5,6)44-20-12-23(34-17-32-24-25(29)30-16-31-26(24)34)43-21(20)15-42-45(37,38)27(2,3)4/h16-21,23,35H,7-15H2,1-6H3,(H,37,38)(H,39,40)(H2,29,30,31)/t18-,19+,20-,21+,23+/m0/s1. The van der Waals surface area contributed by atoms with E-state index in [0.29, 0.717) is 17.6 Å². The van der Waals surface area contributed by atoms with Gasteiger partial charge < -0.3 is 44.0 Å². The maximum atomic E-state index is 13.7. The van der Waals surface area contributed by atoms with Gasteiger partial charge in [-0.15, -0.1) is 0 Å². The van der Waals surface area contributed by atoms with Gasteiger partial charge in [-0.25, -0.2) is 15.0 Å². The van der Waals surface area contributed by atoms with E-state index >= 15 is 0 Å². The van der Waals surface area contributed by atoms with Gasteiger partial charge in [0, 0.05) is 19.4 Å². The third-order valence-electron chi connectivity index (χ3n) is 8.41. The number of ether oxygens (including phenoxy) is 2. The third-order valence-corrected chi connectivity index (χ3v) is 12.6. The van der Waals surface area contributed by atoms with Crippen LogP contribution in [-0.2, 0) is 32.4 Å². The molecule has 0 spiro atoms. The molecule has 2 aromatic rings. The Morgan fingerprint density at radius 1 is 1.07 bits per heavy atom. The highest BCUT2D eigenvalue weighted by Gasteiger charge is 2.50. The number of hydrogen-bond acceptors (Lipinski definition) is 12. The summed E-state index contributed by atoms with van der Waals surface area (Å²) in [5, 5.41) is 7.40. The molecule has 5 N–H and O–H groups in total. The molecular weight excluding hydrogens is 642 g/mol. The van der Waals surface area contributed by atoms with Crippen molar-refractivity contribution in [3.63, 3.8) is 0 Å². The number of β-amino-alcohol motifs (C(OH)–C–C–N with tert-alkyl or cyclic N) is 1. The molecule has 0 bridgehead atoms. The lowest BCUT2D eigenvalue weighted by Gasteiger charge is -2.35. The Labute approximate surface area is 269 Å². The van der Waals surface area contributed by atoms with Gasteiger partial charge in [-0.1, -0.05) is 19.8 Å². The van der Waals surface area contributed by atoms with E-state index in [0.717, 1.165) is 19.3 Å². The molecule has 2 fully saturated rings. The van der Waals surface area contributed by atoms with Gasteiger partial charge in [0.2, 0.25) is 5.91 Å². The van der Waals surface area contributed by atoms with Crippen LogP contribution in [0.15, 0.2) is 12.7 Å². The van der Waals surface area contributed by atoms with E-state index in [9.17, 15) is 28.8 Å². The summed E-state index contributed by atoms with van der Waals surface area (Å²) >= 11 is 0. The average molecular weight is 691 g/mol. The maximum Gasteiger partial charge on any atom is 0.359 e. The Balaban J connectivity index is 1.50. The smallest absolute Gasteiger partial charge is 0.359 e. The molecule has 18 heteroatoms. The van der Waals surface area contributed by atoms with Crippen LogP contribution in [0.2, 0.25) is 0 Å². The molecular formula is C28H48N6O10P2. The van der Waals surface area contributed by atoms with E-state index in [4.69, 9.17) is 24.3 Å². The van der Waals surface area contributed by atoms with Crippen molar-refractivity contribution in [2.45, 2.75) is 121 Å². The van der Waals surface area contributed by atoms with E-state index in [2.05, 4.69) is 15.0 Å². The number of nitrogen functional groups attached to an aromatic ring is 1. The monoisotopic (exact) mass is 690 g/mol. The van der Waals surface area contributed by atoms with Gasteiger partial charge in [0.15, 0.2) is 16.8 Å². The molecule has 1 amide bonds. The van der Waals surface area contributed by atoms with Crippen molar-refractivity contribution in [2.24, 2.45) is 0 Å². The lowest BCUT2D eigenvalue weighted by molar-refractivity contribution is -0.133. The number of imidazole rings is 1. The molecule has 0 radical (unpaired) electrons. The van der Waals surface area contributed by atoms with Crippen LogP contribution < -0.4 is 5.73 Å². The van der Waals surface area contributed by atoms with Crippen molar-refractivity contribution >= 4 is 38.1 Å². The number of anilines is 1. The molecule has 46 heavy (non-hydrogen) atoms. The lowest BCUT2D eigenvalue weighted by Crippen LogP contribution is -2.40. The number of rotatable bonds is 14. The Kier molecular flexibility index (Phi) is 11.4. The van der Waals surface area contributed by atoms with Gasteiger partial charge in [0.05, 0.1) is 42.9 Å². The van der Waals surface area contributed by atoms with E-state index in [-0.39, 0.29) is 44.3 Å². The van der Waals surface area contributed by atoms with E-state index in [1.807, 2.05) is 6.92 Å². The number of fused-ring (bicyclic) bond motifs is 1. The number of aromatic nitrogens is 4. The Morgan fingerprint density at radius 2 is 1.76 bits per heavy atom. The second-order valence-electron chi connectivity index (χ2n) is 13.4. The minimum absolute atomic E-state index is 0.130. The molecule has 16 nitrogen and oxygen atoms in total. The fourth-order valence-electron chi connectivity index (χ4n) is 5.40. The molecule has 4 rings (SSSR count). The van der Waals surface area contributed by atoms with E-state index in [1.165, 1.54) is 31.4 Å². The van der Waals surface area contributed by atoms with Crippen molar-refractivity contribution in [2.75, 3.05) is 25.5 Å². The largest absolute Gasteiger partial charge is 0.391 e. The van der Waals surface area contributed by atoms with Crippen molar-refractivity contribution in [3.05, 3.63) is 12.7 Å². The molecule has 0 aliphatic carbocycles. The number of likely N-dealkylation sites (tertiary alicyclic amines) is 1. The summed E-state index contributed by atoms with van der Waals surface area (Å²) in [4.78, 5) is 48.5. The summed E-state index contributed by atoms with van der Waals surface area (Å²) in [5.41, 5.74) is 6.70. The Morgan fingerprint density at radius 3 is 2.43 bits per heavy atom. The zero-order chi connectivity index (χ0) is 34.1. The highest BCUT2D eigenvalue weighted by Crippen LogP contribution is 2.58. The summed E-state index contributed by atoms with van der Waals surface area (Å²) in [6, 6.07) is -0.569. The number of carbonyl (C=O) groups is 1. The molecule has 2 aliphatic rings. The summed E-state index contributed by atoms with van der Waals surface area (Å²) in [5.74, 6) is 0.0469. The van der Waals surface area contributed by atoms with Gasteiger partial charge in [0.1, 0.15) is 24.2 Å². The second-order valence-corrected chi connectivity index (χ2v) is 18.4. The predicted molar refractivity (Wildman–Crippen MR) is 169 cm³/mol. The molecule has 4 heterocycles. The van der Waals surface area contributed by atoms with Gasteiger partial charge in [-0.05, 0) is 47.5 Å². The van der Waals surface area contributed by atoms with Crippen molar-refractivity contribution in [3.8, 4) is 0 Å². The van der Waals surface area contributed by atoms with E-state index in [1.54, 1.807) is 25.3 Å². The van der Waals surface area contributed by atoms with Crippen LogP contribution >= 0.6 is 15.2 Å². The molecule has 260 valence electrons. The SMILES string of the molecule is CCCCCC(=O)N1C[C@H](O)C[C@H]1COP(=O)(O)C(C)(C)O[C@H]1C[C@H](n2cnc3c(N)ncnc32)O[C@@H]1COP(=O)(O)C(C)(C)C. The first kappa shape index (κ1) is 36.8. The van der Waals surface area contributed by atoms with Gasteiger partial charge in [-0.2, -0.15) is 0 Å². The van der Waals surface area contributed by atoms with Crippen LogP contribution in [-0.4, -0.2) is 99.8 Å². The van der Waals surface area contributed by atoms with Crippen LogP contribution in [0.25, 0.3) is 11.2 Å². The molecule has 2 aliphatic heterocycles. The van der Waals surface area contributed by atoms with Gasteiger partial charge in [0.25, 0.3) is 0 Å². The lowest BCUT2D eigenvalue weighted by atomic mass is 10.1. The van der Waals surface area contributed by atoms with Crippen molar-refractivity contribution in [1.82, 2.24) is 24.4 Å². The zero-order valence-electron chi connectivity index (χ0n) is 27.3. The topological polar surface area (TPSA) is 222 Å². The predicted octanol–water partition coefficient (Wildman–Crippen LogP) is 3.56. The number of amides is 1. The first-order valence-corrected chi connectivity index (χ1v) is 18.7. The normalized spacial score (nSPS) is 26.8. The van der Waals surface area contributed by atoms with Crippen LogP contribution in [0, 0.1) is 0 Å². The fourth-order valence-corrected chi connectivity index (χ4v) is 7.09. The summed E-state index contributed by atoms with van der Waals surface area (Å²) < 4.78 is 51.7. The average Bonchev–Trinajstić information content (AvgIpc) is 3.67. The minimum Gasteiger partial charge on any atom is -0.391 e. The summed E-state index contributed by atoms with van der Waals surface area (Å²) in [7, 11) is -8.62. The number of nitrogens with two attached hydrogens (primary N) is 1. The Bertz CT molecular complexity index is 1470. The van der Waals surface area contributed by atoms with Crippen LogP contribution in [0.4, 0.5) is 5.82 Å². The number of nitrogens with zero attached hydrogens (tertiary/aromatic N) is 5. The maximum absolute atomic E-state index is 13.7. The summed E-state index contributed by atoms with van der Waals surface area (Å²) in [6.45, 7) is 9.10. The van der Waals surface area contributed by atoms with Gasteiger partial charge in [-0.3, -0.25) is 18.5 Å². The zero-order valence-corrected chi connectivity index (χ0v) is 29.1. The molecule has 7 atom stereocenters. The number of unbranched alkanes of at least 4 members (excludes halogenated alkanes) is 2. The Hall–Kier alpha value is -2.00. The van der Waals surface area contributed by atoms with E-state index < -0.39 is 56.3 Å². The fraction of sp³-hybridized carbons (Fsp3) is 0.786. The molecule has 2 aromatic heterocycles. The number of hydrogen-bond donors (Lipinski definition) is 4. The number of aliphatic hydroxyl groups is 1. The number of aliphatic hydroxyl groups excluding tert-OH is 1. The van der Waals surface area contributed by atoms with Gasteiger partial charge >= 0.3 is 15.2 Å². The van der Waals surface area contributed by atoms with Crippen LogP contribution in [0.5, 0.6) is 0 Å². The molecule has 0 aromatic carbocycles. The highest BCUT2D eigenvalue weighted by molar-refractivity contribution is 7.54. The summed E-state index contributed by atoms with van der Waals surface area (Å²) in [6.07, 6.45) is 2.70. The van der Waals surface area contributed by atoms with Crippen molar-refractivity contribution in [1.29, 1.82) is 0 Å². The number of carbonyl (C=O) groups excluding carboxylic acids is 1.